The summed E-state index contributed by atoms with van der Waals surface area (Å²) in [5.74, 6) is -0.836. The summed E-state index contributed by atoms with van der Waals surface area (Å²) in [6, 6.07) is 1.75. The van der Waals surface area contributed by atoms with Crippen molar-refractivity contribution >= 4 is 23.0 Å². The molecule has 24 heavy (non-hydrogen) atoms. The van der Waals surface area contributed by atoms with Crippen LogP contribution in [0, 0.1) is 30.3 Å². The summed E-state index contributed by atoms with van der Waals surface area (Å²) in [6.45, 7) is 6.27. The Balaban J connectivity index is 3.63. The molecule has 1 unspecified atom stereocenters. The van der Waals surface area contributed by atoms with Gasteiger partial charge in [0.2, 0.25) is 0 Å². The molecular formula is C13H13N3O8. The second-order valence-electron chi connectivity index (χ2n) is 4.72. The van der Waals surface area contributed by atoms with E-state index in [4.69, 9.17) is 4.74 Å². The van der Waals surface area contributed by atoms with Gasteiger partial charge in [0.15, 0.2) is 0 Å². The van der Waals surface area contributed by atoms with Gasteiger partial charge in [0.25, 0.3) is 0 Å². The zero-order valence-corrected chi connectivity index (χ0v) is 12.8. The predicted molar refractivity (Wildman–Crippen MR) is 80.3 cm³/mol. The van der Waals surface area contributed by atoms with Gasteiger partial charge in [-0.25, -0.2) is 4.79 Å². The van der Waals surface area contributed by atoms with E-state index in [1.54, 1.807) is 0 Å². The largest absolute Gasteiger partial charge is 0.454 e. The molecule has 0 radical (unpaired) electrons. The average Bonchev–Trinajstić information content (AvgIpc) is 2.50. The Bertz CT molecular complexity index is 743. The number of rotatable bonds is 7. The molecule has 0 spiro atoms. The quantitative estimate of drug-likeness (QED) is 0.317. The predicted octanol–water partition coefficient (Wildman–Crippen LogP) is 2.98. The maximum Gasteiger partial charge on any atom is 0.422 e. The van der Waals surface area contributed by atoms with Crippen molar-refractivity contribution in [2.45, 2.75) is 26.4 Å². The molecule has 0 saturated carbocycles. The number of hydrogen-bond donors (Lipinski definition) is 0. The second kappa shape index (κ2) is 7.26. The molecule has 1 atom stereocenters. The number of ether oxygens (including phenoxy) is 1. The molecule has 0 aliphatic heterocycles. The molecular weight excluding hydrogens is 326 g/mol. The molecule has 1 aromatic rings. The van der Waals surface area contributed by atoms with Gasteiger partial charge in [-0.1, -0.05) is 13.5 Å². The molecule has 0 aromatic heterocycles. The first-order chi connectivity index (χ1) is 11.1. The Morgan fingerprint density at radius 2 is 1.67 bits per heavy atom. The van der Waals surface area contributed by atoms with E-state index in [1.165, 1.54) is 13.8 Å². The summed E-state index contributed by atoms with van der Waals surface area (Å²) in [7, 11) is 0. The molecule has 0 amide bonds. The lowest BCUT2D eigenvalue weighted by molar-refractivity contribution is -0.441. The number of benzene rings is 1. The van der Waals surface area contributed by atoms with Gasteiger partial charge >= 0.3 is 23.0 Å². The van der Waals surface area contributed by atoms with Gasteiger partial charge in [-0.3, -0.25) is 30.3 Å². The van der Waals surface area contributed by atoms with E-state index in [1.807, 2.05) is 0 Å². The van der Waals surface area contributed by atoms with Crippen LogP contribution < -0.4 is 0 Å². The van der Waals surface area contributed by atoms with Crippen LogP contribution >= 0.6 is 0 Å². The lowest BCUT2D eigenvalue weighted by Gasteiger charge is -2.16. The monoisotopic (exact) mass is 339 g/mol. The fraction of sp³-hybridized carbons (Fsp3) is 0.308. The van der Waals surface area contributed by atoms with Gasteiger partial charge in [0, 0.05) is 11.6 Å². The SMILES string of the molecule is C=C(C)C(=O)OC(CC)c1ccc([N+](=O)[O-])c([N+](=O)[O-])c1[N+](=O)[O-]. The number of nitrogens with zero attached hydrogens (tertiary/aromatic N) is 3. The number of hydrogen-bond acceptors (Lipinski definition) is 8. The minimum absolute atomic E-state index is 0.0347. The molecule has 128 valence electrons. The lowest BCUT2D eigenvalue weighted by Crippen LogP contribution is -2.14. The van der Waals surface area contributed by atoms with Crippen molar-refractivity contribution in [1.82, 2.24) is 0 Å². The van der Waals surface area contributed by atoms with E-state index in [9.17, 15) is 35.1 Å². The average molecular weight is 339 g/mol. The van der Waals surface area contributed by atoms with Crippen LogP contribution in [0.3, 0.4) is 0 Å². The standard InChI is InChI=1S/C13H13N3O8/c1-4-10(24-13(17)7(2)3)8-5-6-9(14(18)19)12(16(22)23)11(8)15(20)21/h5-6,10H,2,4H2,1,3H3. The Labute approximate surface area is 135 Å². The highest BCUT2D eigenvalue weighted by Crippen LogP contribution is 2.42. The fourth-order valence-electron chi connectivity index (χ4n) is 1.96. The number of nitro benzene ring substituents is 3. The van der Waals surface area contributed by atoms with Gasteiger partial charge in [0.1, 0.15) is 6.10 Å². The second-order valence-corrected chi connectivity index (χ2v) is 4.72. The Morgan fingerprint density at radius 1 is 1.12 bits per heavy atom. The van der Waals surface area contributed by atoms with Gasteiger partial charge in [-0.05, 0) is 19.4 Å². The van der Waals surface area contributed by atoms with Crippen LogP contribution in [-0.2, 0) is 9.53 Å². The number of nitro groups is 3. The Kier molecular flexibility index (Phi) is 5.65. The van der Waals surface area contributed by atoms with Gasteiger partial charge in [0.05, 0.1) is 20.3 Å². The maximum absolute atomic E-state index is 11.6. The van der Waals surface area contributed by atoms with Crippen LogP contribution in [0.2, 0.25) is 0 Å². The highest BCUT2D eigenvalue weighted by molar-refractivity contribution is 5.87. The van der Waals surface area contributed by atoms with Gasteiger partial charge < -0.3 is 4.74 Å². The molecule has 0 heterocycles. The van der Waals surface area contributed by atoms with Crippen LogP contribution in [0.25, 0.3) is 0 Å². The van der Waals surface area contributed by atoms with E-state index in [0.29, 0.717) is 0 Å². The van der Waals surface area contributed by atoms with Crippen LogP contribution in [0.15, 0.2) is 24.3 Å². The van der Waals surface area contributed by atoms with Crippen molar-refractivity contribution < 1.29 is 24.3 Å². The summed E-state index contributed by atoms with van der Waals surface area (Å²) in [4.78, 5) is 41.5. The molecule has 11 nitrogen and oxygen atoms in total. The first kappa shape index (κ1) is 18.7. The highest BCUT2D eigenvalue weighted by atomic mass is 16.6. The zero-order valence-electron chi connectivity index (χ0n) is 12.8. The summed E-state index contributed by atoms with van der Waals surface area (Å²) >= 11 is 0. The molecule has 0 aliphatic carbocycles. The molecule has 0 N–H and O–H groups in total. The Morgan fingerprint density at radius 3 is 2.04 bits per heavy atom. The Hall–Kier alpha value is -3.37. The van der Waals surface area contributed by atoms with Crippen LogP contribution in [0.1, 0.15) is 31.9 Å². The van der Waals surface area contributed by atoms with Crippen molar-refractivity contribution in [3.05, 3.63) is 60.2 Å². The molecule has 0 fully saturated rings. The van der Waals surface area contributed by atoms with Crippen LogP contribution in [0.5, 0.6) is 0 Å². The smallest absolute Gasteiger partial charge is 0.422 e. The third kappa shape index (κ3) is 3.69. The number of carbonyl (C=O) groups is 1. The van der Waals surface area contributed by atoms with Crippen molar-refractivity contribution in [2.75, 3.05) is 0 Å². The fourth-order valence-corrected chi connectivity index (χ4v) is 1.96. The number of carbonyl (C=O) groups excluding carboxylic acids is 1. The van der Waals surface area contributed by atoms with E-state index >= 15 is 0 Å². The molecule has 0 saturated heterocycles. The topological polar surface area (TPSA) is 156 Å². The summed E-state index contributed by atoms with van der Waals surface area (Å²) in [6.07, 6.45) is -1.12. The summed E-state index contributed by atoms with van der Waals surface area (Å²) in [5.41, 5.74) is -3.61. The lowest BCUT2D eigenvalue weighted by atomic mass is 10.0. The van der Waals surface area contributed by atoms with Crippen LogP contribution in [-0.4, -0.2) is 20.7 Å². The molecule has 1 aromatic carbocycles. The van der Waals surface area contributed by atoms with Gasteiger partial charge in [-0.15, -0.1) is 0 Å². The first-order valence-corrected chi connectivity index (χ1v) is 6.58. The summed E-state index contributed by atoms with van der Waals surface area (Å²) < 4.78 is 5.04. The van der Waals surface area contributed by atoms with E-state index < -0.39 is 43.9 Å². The third-order valence-electron chi connectivity index (χ3n) is 3.04. The molecule has 0 aliphatic rings. The minimum Gasteiger partial charge on any atom is -0.454 e. The van der Waals surface area contributed by atoms with Gasteiger partial charge in [-0.2, -0.15) is 0 Å². The van der Waals surface area contributed by atoms with E-state index in [2.05, 4.69) is 6.58 Å². The number of esters is 1. The van der Waals surface area contributed by atoms with Crippen molar-refractivity contribution in [2.24, 2.45) is 0 Å². The van der Waals surface area contributed by atoms with Crippen molar-refractivity contribution in [3.8, 4) is 0 Å². The van der Waals surface area contributed by atoms with E-state index in [0.717, 1.165) is 12.1 Å². The van der Waals surface area contributed by atoms with Crippen molar-refractivity contribution in [1.29, 1.82) is 0 Å². The minimum atomic E-state index is -1.26. The molecule has 0 bridgehead atoms. The molecule has 1 rings (SSSR count). The van der Waals surface area contributed by atoms with Crippen molar-refractivity contribution in [3.63, 3.8) is 0 Å². The zero-order chi connectivity index (χ0) is 18.6. The normalized spacial score (nSPS) is 11.4. The van der Waals surface area contributed by atoms with Crippen LogP contribution in [0.4, 0.5) is 17.1 Å². The molecule has 11 heteroatoms. The van der Waals surface area contributed by atoms with E-state index in [-0.39, 0.29) is 17.6 Å². The third-order valence-corrected chi connectivity index (χ3v) is 3.04. The summed E-state index contributed by atoms with van der Waals surface area (Å²) in [5, 5.41) is 33.3. The maximum atomic E-state index is 11.6. The highest BCUT2D eigenvalue weighted by Gasteiger charge is 2.41. The first-order valence-electron chi connectivity index (χ1n) is 6.58.